The molecular formula is C18H26O. The van der Waals surface area contributed by atoms with Crippen molar-refractivity contribution in [1.29, 1.82) is 0 Å². The number of benzene rings is 1. The van der Waals surface area contributed by atoms with Crippen molar-refractivity contribution in [3.05, 3.63) is 40.6 Å². The van der Waals surface area contributed by atoms with Crippen LogP contribution >= 0.6 is 0 Å². The monoisotopic (exact) mass is 258 g/mol. The molecule has 0 aromatic heterocycles. The summed E-state index contributed by atoms with van der Waals surface area (Å²) in [6.45, 7) is 14.8. The molecule has 0 bridgehead atoms. The summed E-state index contributed by atoms with van der Waals surface area (Å²) < 4.78 is 5.70. The molecule has 0 unspecified atom stereocenters. The smallest absolute Gasteiger partial charge is 0.130 e. The molecule has 104 valence electrons. The molecule has 0 aliphatic carbocycles. The second-order valence-corrected chi connectivity index (χ2v) is 5.81. The lowest BCUT2D eigenvalue weighted by molar-refractivity contribution is 0.395. The summed E-state index contributed by atoms with van der Waals surface area (Å²) in [5, 5.41) is 0. The molecule has 0 radical (unpaired) electrons. The summed E-state index contributed by atoms with van der Waals surface area (Å²) in [5.74, 6) is 0.970. The van der Waals surface area contributed by atoms with E-state index >= 15 is 0 Å². The van der Waals surface area contributed by atoms with Crippen LogP contribution in [0, 0.1) is 0 Å². The van der Waals surface area contributed by atoms with Gasteiger partial charge in [0.1, 0.15) is 5.75 Å². The molecule has 0 fully saturated rings. The average molecular weight is 258 g/mol. The van der Waals surface area contributed by atoms with Gasteiger partial charge in [-0.05, 0) is 35.5 Å². The summed E-state index contributed by atoms with van der Waals surface area (Å²) in [6, 6.07) is 2.30. The molecule has 0 aliphatic heterocycles. The molecule has 19 heavy (non-hydrogen) atoms. The number of rotatable bonds is 4. The van der Waals surface area contributed by atoms with Crippen LogP contribution in [0.15, 0.2) is 18.4 Å². The third-order valence-corrected chi connectivity index (χ3v) is 3.51. The van der Waals surface area contributed by atoms with E-state index in [1.165, 1.54) is 16.7 Å². The topological polar surface area (TPSA) is 9.23 Å². The Hall–Kier alpha value is -1.46. The molecular weight excluding hydrogens is 232 g/mol. The maximum atomic E-state index is 5.70. The maximum Gasteiger partial charge on any atom is 0.130 e. The molecule has 0 atom stereocenters. The number of hydrogen-bond acceptors (Lipinski definition) is 1. The molecule has 1 aromatic carbocycles. The summed E-state index contributed by atoms with van der Waals surface area (Å²) in [7, 11) is 1.75. The Labute approximate surface area is 118 Å². The fraction of sp³-hybridized carbons (Fsp3) is 0.500. The Bertz CT molecular complexity index is 497. The Morgan fingerprint density at radius 3 is 2.26 bits per heavy atom. The van der Waals surface area contributed by atoms with Crippen LogP contribution in [0.5, 0.6) is 5.75 Å². The third-order valence-electron chi connectivity index (χ3n) is 3.51. The van der Waals surface area contributed by atoms with Gasteiger partial charge in [0, 0.05) is 11.1 Å². The second kappa shape index (κ2) is 6.12. The van der Waals surface area contributed by atoms with Gasteiger partial charge < -0.3 is 4.74 Å². The van der Waals surface area contributed by atoms with Crippen molar-refractivity contribution in [2.24, 2.45) is 0 Å². The molecule has 0 amide bonds. The lowest BCUT2D eigenvalue weighted by Crippen LogP contribution is -2.15. The molecule has 0 spiro atoms. The van der Waals surface area contributed by atoms with Gasteiger partial charge in [-0.15, -0.1) is 5.73 Å². The number of aryl methyl sites for hydroxylation is 1. The normalized spacial score (nSPS) is 11.1. The van der Waals surface area contributed by atoms with Gasteiger partial charge in [-0.25, -0.2) is 0 Å². The van der Waals surface area contributed by atoms with Crippen LogP contribution in [0.3, 0.4) is 0 Å². The predicted molar refractivity (Wildman–Crippen MR) is 84.1 cm³/mol. The zero-order chi connectivity index (χ0) is 14.6. The van der Waals surface area contributed by atoms with Crippen LogP contribution in [0.4, 0.5) is 0 Å². The van der Waals surface area contributed by atoms with E-state index in [-0.39, 0.29) is 5.41 Å². The van der Waals surface area contributed by atoms with Crippen molar-refractivity contribution in [1.82, 2.24) is 0 Å². The Kier molecular flexibility index (Phi) is 5.03. The minimum atomic E-state index is 0.0608. The maximum absolute atomic E-state index is 5.70. The second-order valence-electron chi connectivity index (χ2n) is 5.81. The van der Waals surface area contributed by atoms with E-state index in [0.717, 1.165) is 24.2 Å². The summed E-state index contributed by atoms with van der Waals surface area (Å²) in [6.07, 6.45) is 3.98. The zero-order valence-electron chi connectivity index (χ0n) is 13.2. The van der Waals surface area contributed by atoms with Crippen LogP contribution < -0.4 is 4.74 Å². The molecule has 0 heterocycles. The van der Waals surface area contributed by atoms with E-state index in [9.17, 15) is 0 Å². The SMILES string of the molecule is C=C=Cc1c(CC)c(CC)cc(C(C)(C)C)c1OC. The molecule has 1 aromatic rings. The van der Waals surface area contributed by atoms with Crippen molar-refractivity contribution in [3.8, 4) is 5.75 Å². The highest BCUT2D eigenvalue weighted by Crippen LogP contribution is 2.38. The minimum Gasteiger partial charge on any atom is -0.496 e. The van der Waals surface area contributed by atoms with E-state index in [1.54, 1.807) is 7.11 Å². The van der Waals surface area contributed by atoms with Crippen LogP contribution in [-0.4, -0.2) is 7.11 Å². The first-order chi connectivity index (χ1) is 8.90. The molecule has 0 aliphatic rings. The fourth-order valence-corrected chi connectivity index (χ4v) is 2.55. The van der Waals surface area contributed by atoms with Crippen molar-refractivity contribution in [3.63, 3.8) is 0 Å². The van der Waals surface area contributed by atoms with Crippen molar-refractivity contribution < 1.29 is 4.74 Å². The lowest BCUT2D eigenvalue weighted by atomic mass is 9.81. The fourth-order valence-electron chi connectivity index (χ4n) is 2.55. The van der Waals surface area contributed by atoms with Gasteiger partial charge in [-0.1, -0.05) is 47.3 Å². The molecule has 0 saturated heterocycles. The van der Waals surface area contributed by atoms with Crippen LogP contribution in [0.1, 0.15) is 56.9 Å². The number of methoxy groups -OCH3 is 1. The van der Waals surface area contributed by atoms with Crippen molar-refractivity contribution in [2.75, 3.05) is 7.11 Å². The van der Waals surface area contributed by atoms with Gasteiger partial charge in [0.05, 0.1) is 7.11 Å². The van der Waals surface area contributed by atoms with E-state index in [4.69, 9.17) is 4.74 Å². The van der Waals surface area contributed by atoms with Crippen molar-refractivity contribution in [2.45, 2.75) is 52.9 Å². The largest absolute Gasteiger partial charge is 0.496 e. The summed E-state index contributed by atoms with van der Waals surface area (Å²) in [4.78, 5) is 0. The van der Waals surface area contributed by atoms with E-state index in [0.29, 0.717) is 0 Å². The third kappa shape index (κ3) is 3.11. The first kappa shape index (κ1) is 15.6. The van der Waals surface area contributed by atoms with Crippen LogP contribution in [0.25, 0.3) is 6.08 Å². The van der Waals surface area contributed by atoms with Crippen molar-refractivity contribution >= 4 is 6.08 Å². The molecule has 1 rings (SSSR count). The van der Waals surface area contributed by atoms with Crippen LogP contribution in [0.2, 0.25) is 0 Å². The zero-order valence-corrected chi connectivity index (χ0v) is 13.2. The minimum absolute atomic E-state index is 0.0608. The van der Waals surface area contributed by atoms with E-state index < -0.39 is 0 Å². The lowest BCUT2D eigenvalue weighted by Gasteiger charge is -2.26. The highest BCUT2D eigenvalue weighted by molar-refractivity contribution is 5.66. The van der Waals surface area contributed by atoms with Gasteiger partial charge in [-0.2, -0.15) is 0 Å². The molecule has 0 N–H and O–H groups in total. The highest BCUT2D eigenvalue weighted by atomic mass is 16.5. The number of ether oxygens (including phenoxy) is 1. The van der Waals surface area contributed by atoms with Crippen LogP contribution in [-0.2, 0) is 18.3 Å². The van der Waals surface area contributed by atoms with E-state index in [2.05, 4.69) is 53.0 Å². The van der Waals surface area contributed by atoms with Gasteiger partial charge in [0.2, 0.25) is 0 Å². The van der Waals surface area contributed by atoms with Gasteiger partial charge in [-0.3, -0.25) is 0 Å². The Morgan fingerprint density at radius 2 is 1.89 bits per heavy atom. The first-order valence-corrected chi connectivity index (χ1v) is 6.99. The predicted octanol–water partition coefficient (Wildman–Crippen LogP) is 4.92. The Balaban J connectivity index is 3.77. The first-order valence-electron chi connectivity index (χ1n) is 6.99. The summed E-state index contributed by atoms with van der Waals surface area (Å²) in [5.41, 5.74) is 8.12. The quantitative estimate of drug-likeness (QED) is 0.697. The van der Waals surface area contributed by atoms with Gasteiger partial charge >= 0.3 is 0 Å². The highest BCUT2D eigenvalue weighted by Gasteiger charge is 2.23. The Morgan fingerprint density at radius 1 is 1.26 bits per heavy atom. The average Bonchev–Trinajstić information content (AvgIpc) is 2.36. The van der Waals surface area contributed by atoms with Gasteiger partial charge in [0.25, 0.3) is 0 Å². The van der Waals surface area contributed by atoms with Gasteiger partial charge in [0.15, 0.2) is 0 Å². The standard InChI is InChI=1S/C18H26O/c1-8-11-15-14(10-3)13(9-2)12-16(17(15)19-7)18(4,5)6/h11-12H,1,9-10H2,2-7H3. The molecule has 0 saturated carbocycles. The number of hydrogen-bond donors (Lipinski definition) is 0. The molecule has 1 nitrogen and oxygen atoms in total. The molecule has 1 heteroatoms. The van der Waals surface area contributed by atoms with E-state index in [1.807, 2.05) is 6.08 Å². The summed E-state index contributed by atoms with van der Waals surface area (Å²) >= 11 is 0.